The molecule has 6 heteroatoms. The van der Waals surface area contributed by atoms with Crippen LogP contribution in [0.3, 0.4) is 0 Å². The van der Waals surface area contributed by atoms with Gasteiger partial charge in [0.05, 0.1) is 22.8 Å². The fourth-order valence-corrected chi connectivity index (χ4v) is 4.21. The smallest absolute Gasteiger partial charge is 0.119 e. The van der Waals surface area contributed by atoms with Crippen molar-refractivity contribution in [2.75, 3.05) is 12.3 Å². The highest BCUT2D eigenvalue weighted by atomic mass is 35.5. The van der Waals surface area contributed by atoms with Crippen LogP contribution in [0.15, 0.2) is 85.0 Å². The van der Waals surface area contributed by atoms with Crippen molar-refractivity contribution in [1.82, 2.24) is 9.78 Å². The molecule has 0 radical (unpaired) electrons. The highest BCUT2D eigenvalue weighted by molar-refractivity contribution is 6.32. The average molecular weight is 495 g/mol. The molecule has 0 saturated heterocycles. The maximum Gasteiger partial charge on any atom is 0.119 e. The van der Waals surface area contributed by atoms with Crippen molar-refractivity contribution >= 4 is 23.4 Å². The first kappa shape index (κ1) is 24.8. The standard InChI is InChI=1S/C30H27ClN4O/c1-20(8-11-24-6-4-5-7-29(24)33)19-36-27-14-9-23(10-15-27)18-35-22(3)30(21(2)34-35)25-12-13-26(17-32)28(31)16-25/h4-16H,1,18-19,33H2,2-3H3/b11-8-. The highest BCUT2D eigenvalue weighted by Gasteiger charge is 2.15. The number of rotatable bonds is 8. The first-order chi connectivity index (χ1) is 17.4. The molecule has 5 nitrogen and oxygen atoms in total. The zero-order valence-corrected chi connectivity index (χ0v) is 21.1. The molecule has 0 bridgehead atoms. The summed E-state index contributed by atoms with van der Waals surface area (Å²) < 4.78 is 7.87. The molecule has 0 spiro atoms. The molecular formula is C30H27ClN4O. The highest BCUT2D eigenvalue weighted by Crippen LogP contribution is 2.30. The second-order valence-corrected chi connectivity index (χ2v) is 8.97. The van der Waals surface area contributed by atoms with Crippen molar-refractivity contribution in [3.63, 3.8) is 0 Å². The molecule has 0 aliphatic rings. The molecule has 36 heavy (non-hydrogen) atoms. The summed E-state index contributed by atoms with van der Waals surface area (Å²) >= 11 is 6.26. The minimum absolute atomic E-state index is 0.385. The maximum atomic E-state index is 9.14. The van der Waals surface area contributed by atoms with Crippen LogP contribution in [0.1, 0.15) is 28.1 Å². The predicted molar refractivity (Wildman–Crippen MR) is 147 cm³/mol. The van der Waals surface area contributed by atoms with E-state index < -0.39 is 0 Å². The Labute approximate surface area is 216 Å². The minimum Gasteiger partial charge on any atom is -0.489 e. The lowest BCUT2D eigenvalue weighted by Gasteiger charge is -2.09. The van der Waals surface area contributed by atoms with Crippen molar-refractivity contribution in [2.24, 2.45) is 0 Å². The van der Waals surface area contributed by atoms with Crippen LogP contribution >= 0.6 is 11.6 Å². The first-order valence-corrected chi connectivity index (χ1v) is 11.9. The summed E-state index contributed by atoms with van der Waals surface area (Å²) in [6.45, 7) is 9.10. The van der Waals surface area contributed by atoms with Gasteiger partial charge in [-0.2, -0.15) is 10.4 Å². The quantitative estimate of drug-likeness (QED) is 0.212. The number of nitrogen functional groups attached to an aromatic ring is 1. The molecule has 1 aromatic heterocycles. The minimum atomic E-state index is 0.385. The third-order valence-electron chi connectivity index (χ3n) is 5.93. The zero-order chi connectivity index (χ0) is 25.7. The number of anilines is 1. The molecule has 1 heterocycles. The average Bonchev–Trinajstić information content (AvgIpc) is 3.15. The summed E-state index contributed by atoms with van der Waals surface area (Å²) in [7, 11) is 0. The van der Waals surface area contributed by atoms with Crippen LogP contribution in [-0.4, -0.2) is 16.4 Å². The molecule has 0 aliphatic carbocycles. The Morgan fingerprint density at radius 3 is 2.58 bits per heavy atom. The topological polar surface area (TPSA) is 76.9 Å². The van der Waals surface area contributed by atoms with Crippen molar-refractivity contribution in [1.29, 1.82) is 5.26 Å². The van der Waals surface area contributed by atoms with E-state index >= 15 is 0 Å². The van der Waals surface area contributed by atoms with Crippen molar-refractivity contribution in [3.8, 4) is 22.9 Å². The summed E-state index contributed by atoms with van der Waals surface area (Å²) in [6, 6.07) is 23.3. The second-order valence-electron chi connectivity index (χ2n) is 8.56. The van der Waals surface area contributed by atoms with Crippen molar-refractivity contribution in [2.45, 2.75) is 20.4 Å². The van der Waals surface area contributed by atoms with E-state index in [-0.39, 0.29) is 0 Å². The molecule has 4 aromatic rings. The SMILES string of the molecule is C=C(/C=C\c1ccccc1N)COc1ccc(Cn2nc(C)c(-c3ccc(C#N)c(Cl)c3)c2C)cc1. The van der Waals surface area contributed by atoms with Gasteiger partial charge in [0.1, 0.15) is 18.4 Å². The fourth-order valence-electron chi connectivity index (χ4n) is 3.99. The number of halogens is 1. The van der Waals surface area contributed by atoms with Crippen LogP contribution in [0.2, 0.25) is 5.02 Å². The summed E-state index contributed by atoms with van der Waals surface area (Å²) in [5, 5.41) is 14.3. The molecular weight excluding hydrogens is 468 g/mol. The summed E-state index contributed by atoms with van der Waals surface area (Å²) in [5.41, 5.74) is 14.0. The van der Waals surface area contributed by atoms with E-state index in [1.807, 2.05) is 91.3 Å². The summed E-state index contributed by atoms with van der Waals surface area (Å²) in [5.74, 6) is 0.772. The number of nitriles is 1. The molecule has 3 aromatic carbocycles. The Morgan fingerprint density at radius 1 is 1.14 bits per heavy atom. The zero-order valence-electron chi connectivity index (χ0n) is 20.3. The largest absolute Gasteiger partial charge is 0.489 e. The van der Waals surface area contributed by atoms with Gasteiger partial charge in [0.15, 0.2) is 0 Å². The number of aromatic nitrogens is 2. The number of para-hydroxylation sites is 1. The number of ether oxygens (including phenoxy) is 1. The molecule has 0 unspecified atom stereocenters. The number of hydrogen-bond acceptors (Lipinski definition) is 4. The summed E-state index contributed by atoms with van der Waals surface area (Å²) in [4.78, 5) is 0. The lowest BCUT2D eigenvalue weighted by atomic mass is 10.0. The van der Waals surface area contributed by atoms with Crippen LogP contribution in [0.4, 0.5) is 5.69 Å². The van der Waals surface area contributed by atoms with Gasteiger partial charge in [-0.05, 0) is 66.4 Å². The number of nitrogens with zero attached hydrogens (tertiary/aromatic N) is 3. The van der Waals surface area contributed by atoms with E-state index in [1.165, 1.54) is 0 Å². The van der Waals surface area contributed by atoms with E-state index in [0.717, 1.165) is 50.7 Å². The van der Waals surface area contributed by atoms with Gasteiger partial charge in [0.25, 0.3) is 0 Å². The Kier molecular flexibility index (Phi) is 7.58. The van der Waals surface area contributed by atoms with Crippen LogP contribution in [-0.2, 0) is 6.54 Å². The Morgan fingerprint density at radius 2 is 1.89 bits per heavy atom. The van der Waals surface area contributed by atoms with E-state index in [4.69, 9.17) is 32.4 Å². The number of benzene rings is 3. The molecule has 0 atom stereocenters. The Bertz CT molecular complexity index is 1480. The lowest BCUT2D eigenvalue weighted by Crippen LogP contribution is -2.04. The monoisotopic (exact) mass is 494 g/mol. The van der Waals surface area contributed by atoms with Gasteiger partial charge in [-0.15, -0.1) is 0 Å². The third kappa shape index (κ3) is 5.68. The fraction of sp³-hybridized carbons (Fsp3) is 0.133. The number of aryl methyl sites for hydroxylation is 1. The van der Waals surface area contributed by atoms with Crippen molar-refractivity contribution < 1.29 is 4.74 Å². The number of nitrogens with two attached hydrogens (primary N) is 1. The molecule has 0 aliphatic heterocycles. The molecule has 0 amide bonds. The molecule has 4 rings (SSSR count). The first-order valence-electron chi connectivity index (χ1n) is 11.5. The maximum absolute atomic E-state index is 9.14. The Balaban J connectivity index is 1.39. The van der Waals surface area contributed by atoms with Crippen LogP contribution in [0.5, 0.6) is 5.75 Å². The van der Waals surface area contributed by atoms with E-state index in [1.54, 1.807) is 6.07 Å². The van der Waals surface area contributed by atoms with Crippen LogP contribution < -0.4 is 10.5 Å². The van der Waals surface area contributed by atoms with Crippen LogP contribution in [0, 0.1) is 25.2 Å². The van der Waals surface area contributed by atoms with Gasteiger partial charge in [0.2, 0.25) is 0 Å². The third-order valence-corrected chi connectivity index (χ3v) is 6.25. The van der Waals surface area contributed by atoms with Gasteiger partial charge >= 0.3 is 0 Å². The van der Waals surface area contributed by atoms with Gasteiger partial charge in [-0.3, -0.25) is 4.68 Å². The lowest BCUT2D eigenvalue weighted by molar-refractivity contribution is 0.356. The molecule has 0 fully saturated rings. The van der Waals surface area contributed by atoms with Gasteiger partial charge < -0.3 is 10.5 Å². The van der Waals surface area contributed by atoms with E-state index in [9.17, 15) is 0 Å². The van der Waals surface area contributed by atoms with Gasteiger partial charge in [-0.25, -0.2) is 0 Å². The predicted octanol–water partition coefficient (Wildman–Crippen LogP) is 6.97. The normalized spacial score (nSPS) is 10.9. The second kappa shape index (κ2) is 11.0. The molecule has 0 saturated carbocycles. The van der Waals surface area contributed by atoms with Gasteiger partial charge in [0, 0.05) is 16.9 Å². The number of hydrogen-bond donors (Lipinski definition) is 1. The van der Waals surface area contributed by atoms with Crippen LogP contribution in [0.25, 0.3) is 17.2 Å². The molecule has 2 N–H and O–H groups in total. The van der Waals surface area contributed by atoms with E-state index in [2.05, 4.69) is 12.6 Å². The van der Waals surface area contributed by atoms with Gasteiger partial charge in [-0.1, -0.05) is 66.7 Å². The Hall–Kier alpha value is -4.27. The van der Waals surface area contributed by atoms with Crippen molar-refractivity contribution in [3.05, 3.63) is 118 Å². The molecule has 180 valence electrons. The summed E-state index contributed by atoms with van der Waals surface area (Å²) in [6.07, 6.45) is 3.86. The van der Waals surface area contributed by atoms with E-state index in [0.29, 0.717) is 23.7 Å².